The SMILES string of the molecule is CCOC(=O)CNC(CCC(=O)N1CCCCC1)C(=O)NC(Cc1ccccc1)C(O)CNCc1cccc(OC)c1.Cl.Cl. The number of esters is 1. The first-order valence-corrected chi connectivity index (χ1v) is 14.9. The van der Waals surface area contributed by atoms with Crippen LogP contribution in [0.3, 0.4) is 0 Å². The van der Waals surface area contributed by atoms with Crippen molar-refractivity contribution in [2.75, 3.05) is 39.9 Å². The molecule has 2 aromatic rings. The Kier molecular flexibility index (Phi) is 19.3. The molecule has 0 aromatic heterocycles. The summed E-state index contributed by atoms with van der Waals surface area (Å²) in [4.78, 5) is 40.3. The third-order valence-corrected chi connectivity index (χ3v) is 7.38. The number of ether oxygens (including phenoxy) is 2. The van der Waals surface area contributed by atoms with Crippen molar-refractivity contribution in [3.8, 4) is 5.75 Å². The van der Waals surface area contributed by atoms with Crippen LogP contribution in [0.5, 0.6) is 5.75 Å². The van der Waals surface area contributed by atoms with E-state index in [1.807, 2.05) is 59.5 Å². The van der Waals surface area contributed by atoms with Gasteiger partial charge in [-0.05, 0) is 62.3 Å². The zero-order valence-electron chi connectivity index (χ0n) is 25.7. The minimum absolute atomic E-state index is 0. The number of aliphatic hydroxyl groups excluding tert-OH is 1. The molecule has 1 heterocycles. The molecule has 246 valence electrons. The minimum Gasteiger partial charge on any atom is -0.497 e. The molecular weight excluding hydrogens is 607 g/mol. The second-order valence-corrected chi connectivity index (χ2v) is 10.6. The van der Waals surface area contributed by atoms with Crippen molar-refractivity contribution in [3.63, 3.8) is 0 Å². The van der Waals surface area contributed by atoms with E-state index < -0.39 is 24.2 Å². The van der Waals surface area contributed by atoms with Gasteiger partial charge in [0, 0.05) is 32.6 Å². The molecule has 1 saturated heterocycles. The molecule has 0 aliphatic carbocycles. The molecule has 44 heavy (non-hydrogen) atoms. The maximum atomic E-state index is 13.6. The Bertz CT molecular complexity index is 1120. The predicted octanol–water partition coefficient (Wildman–Crippen LogP) is 3.03. The maximum Gasteiger partial charge on any atom is 0.319 e. The molecule has 2 amide bonds. The van der Waals surface area contributed by atoms with Crippen LogP contribution in [0.25, 0.3) is 0 Å². The molecule has 2 aromatic carbocycles. The van der Waals surface area contributed by atoms with Gasteiger partial charge in [-0.1, -0.05) is 42.5 Å². The first-order valence-electron chi connectivity index (χ1n) is 14.9. The highest BCUT2D eigenvalue weighted by atomic mass is 35.5. The summed E-state index contributed by atoms with van der Waals surface area (Å²) in [5.74, 6) is -0.0870. The van der Waals surface area contributed by atoms with Crippen molar-refractivity contribution in [1.82, 2.24) is 20.9 Å². The Hall–Kier alpha value is -2.89. The van der Waals surface area contributed by atoms with Crippen LogP contribution in [0, 0.1) is 0 Å². The highest BCUT2D eigenvalue weighted by molar-refractivity contribution is 5.86. The van der Waals surface area contributed by atoms with Crippen LogP contribution in [0.2, 0.25) is 0 Å². The van der Waals surface area contributed by atoms with Crippen LogP contribution in [-0.4, -0.2) is 85.9 Å². The molecule has 1 aliphatic heterocycles. The molecule has 3 unspecified atom stereocenters. The monoisotopic (exact) mass is 654 g/mol. The van der Waals surface area contributed by atoms with Crippen LogP contribution < -0.4 is 20.7 Å². The van der Waals surface area contributed by atoms with Crippen molar-refractivity contribution in [2.45, 2.75) is 70.2 Å². The molecule has 3 atom stereocenters. The molecule has 0 radical (unpaired) electrons. The summed E-state index contributed by atoms with van der Waals surface area (Å²) in [7, 11) is 1.62. The van der Waals surface area contributed by atoms with Gasteiger partial charge in [0.25, 0.3) is 0 Å². The summed E-state index contributed by atoms with van der Waals surface area (Å²) < 4.78 is 10.3. The lowest BCUT2D eigenvalue weighted by atomic mass is 9.99. The number of carbonyl (C=O) groups is 3. The lowest BCUT2D eigenvalue weighted by Gasteiger charge is -2.29. The third-order valence-electron chi connectivity index (χ3n) is 7.38. The first kappa shape index (κ1) is 39.1. The highest BCUT2D eigenvalue weighted by Gasteiger charge is 2.28. The van der Waals surface area contributed by atoms with E-state index in [0.717, 1.165) is 49.2 Å². The van der Waals surface area contributed by atoms with E-state index in [1.165, 1.54) is 0 Å². The average Bonchev–Trinajstić information content (AvgIpc) is 3.01. The van der Waals surface area contributed by atoms with Gasteiger partial charge in [0.15, 0.2) is 0 Å². The number of aliphatic hydroxyl groups is 1. The number of halogens is 2. The zero-order chi connectivity index (χ0) is 30.2. The van der Waals surface area contributed by atoms with Crippen molar-refractivity contribution in [2.24, 2.45) is 0 Å². The molecule has 10 nitrogen and oxygen atoms in total. The molecule has 4 N–H and O–H groups in total. The number of benzene rings is 2. The van der Waals surface area contributed by atoms with E-state index in [-0.39, 0.29) is 69.2 Å². The molecule has 0 saturated carbocycles. The molecule has 3 rings (SSSR count). The van der Waals surface area contributed by atoms with Gasteiger partial charge in [-0.15, -0.1) is 24.8 Å². The van der Waals surface area contributed by atoms with Crippen molar-refractivity contribution in [3.05, 3.63) is 65.7 Å². The van der Waals surface area contributed by atoms with Crippen LogP contribution in [0.15, 0.2) is 54.6 Å². The van der Waals surface area contributed by atoms with E-state index >= 15 is 0 Å². The smallest absolute Gasteiger partial charge is 0.319 e. The number of hydrogen-bond acceptors (Lipinski definition) is 8. The fourth-order valence-corrected chi connectivity index (χ4v) is 5.04. The van der Waals surface area contributed by atoms with Crippen molar-refractivity contribution < 1.29 is 29.0 Å². The van der Waals surface area contributed by atoms with Crippen LogP contribution in [-0.2, 0) is 32.1 Å². The Balaban J connectivity index is 0.00000484. The van der Waals surface area contributed by atoms with E-state index in [9.17, 15) is 19.5 Å². The zero-order valence-corrected chi connectivity index (χ0v) is 27.3. The van der Waals surface area contributed by atoms with Gasteiger partial charge in [0.1, 0.15) is 5.75 Å². The number of methoxy groups -OCH3 is 1. The summed E-state index contributed by atoms with van der Waals surface area (Å²) in [6.45, 7) is 4.03. The van der Waals surface area contributed by atoms with Crippen LogP contribution in [0.1, 0.15) is 50.2 Å². The normalized spacial score (nSPS) is 14.7. The number of nitrogens with zero attached hydrogens (tertiary/aromatic N) is 1. The summed E-state index contributed by atoms with van der Waals surface area (Å²) in [6.07, 6.45) is 3.01. The molecule has 0 spiro atoms. The van der Waals surface area contributed by atoms with Crippen molar-refractivity contribution >= 4 is 42.6 Å². The average molecular weight is 656 g/mol. The van der Waals surface area contributed by atoms with E-state index in [0.29, 0.717) is 13.0 Å². The number of nitrogens with one attached hydrogen (secondary N) is 3. The molecule has 0 bridgehead atoms. The van der Waals surface area contributed by atoms with Gasteiger partial charge in [0.05, 0.1) is 38.4 Å². The molecular formula is C32H48Cl2N4O6. The van der Waals surface area contributed by atoms with Gasteiger partial charge in [-0.2, -0.15) is 0 Å². The highest BCUT2D eigenvalue weighted by Crippen LogP contribution is 2.14. The maximum absolute atomic E-state index is 13.6. The Morgan fingerprint density at radius 3 is 2.36 bits per heavy atom. The van der Waals surface area contributed by atoms with Crippen LogP contribution >= 0.6 is 24.8 Å². The largest absolute Gasteiger partial charge is 0.497 e. The Labute approximate surface area is 273 Å². The fraction of sp³-hybridized carbons (Fsp3) is 0.531. The Morgan fingerprint density at radius 1 is 0.977 bits per heavy atom. The second-order valence-electron chi connectivity index (χ2n) is 10.6. The summed E-state index contributed by atoms with van der Waals surface area (Å²) >= 11 is 0. The third kappa shape index (κ3) is 13.8. The lowest BCUT2D eigenvalue weighted by Crippen LogP contribution is -2.54. The number of amides is 2. The van der Waals surface area contributed by atoms with Crippen LogP contribution in [0.4, 0.5) is 0 Å². The van der Waals surface area contributed by atoms with Gasteiger partial charge in [-0.25, -0.2) is 0 Å². The fourth-order valence-electron chi connectivity index (χ4n) is 5.04. The van der Waals surface area contributed by atoms with E-state index in [2.05, 4.69) is 16.0 Å². The van der Waals surface area contributed by atoms with E-state index in [4.69, 9.17) is 9.47 Å². The van der Waals surface area contributed by atoms with Crippen molar-refractivity contribution in [1.29, 1.82) is 0 Å². The second kappa shape index (κ2) is 21.8. The lowest BCUT2D eigenvalue weighted by molar-refractivity contribution is -0.142. The molecule has 1 fully saturated rings. The number of piperidine rings is 1. The number of hydrogen-bond donors (Lipinski definition) is 4. The number of carbonyl (C=O) groups excluding carboxylic acids is 3. The number of rotatable bonds is 17. The topological polar surface area (TPSA) is 129 Å². The molecule has 12 heteroatoms. The van der Waals surface area contributed by atoms with Gasteiger partial charge in [0.2, 0.25) is 11.8 Å². The van der Waals surface area contributed by atoms with Gasteiger partial charge in [-0.3, -0.25) is 19.7 Å². The quantitative estimate of drug-likeness (QED) is 0.192. The first-order chi connectivity index (χ1) is 20.4. The van der Waals surface area contributed by atoms with Gasteiger partial charge < -0.3 is 30.1 Å². The molecule has 1 aliphatic rings. The Morgan fingerprint density at radius 2 is 1.68 bits per heavy atom. The van der Waals surface area contributed by atoms with Gasteiger partial charge >= 0.3 is 5.97 Å². The summed E-state index contributed by atoms with van der Waals surface area (Å²) in [5, 5.41) is 20.4. The predicted molar refractivity (Wildman–Crippen MR) is 175 cm³/mol. The summed E-state index contributed by atoms with van der Waals surface area (Å²) in [5.41, 5.74) is 1.97. The standard InChI is InChI=1S/C32H46N4O6.2ClH/c1-3-42-31(39)23-34-27(15-16-30(38)36-17-8-5-9-18-36)32(40)35-28(20-24-11-6-4-7-12-24)29(37)22-33-21-25-13-10-14-26(19-25)41-2;;/h4,6-7,10-14,19,27-29,33-34,37H,3,5,8-9,15-18,20-23H2,1-2H3,(H,35,40);2*1H. The number of likely N-dealkylation sites (tertiary alicyclic amines) is 1. The minimum atomic E-state index is -0.902. The van der Waals surface area contributed by atoms with E-state index in [1.54, 1.807) is 14.0 Å². The summed E-state index contributed by atoms with van der Waals surface area (Å²) in [6, 6.07) is 15.9.